The van der Waals surface area contributed by atoms with Crippen molar-refractivity contribution in [3.63, 3.8) is 0 Å². The summed E-state index contributed by atoms with van der Waals surface area (Å²) in [6.45, 7) is 3.57. The van der Waals surface area contributed by atoms with E-state index in [-0.39, 0.29) is 12.4 Å². The van der Waals surface area contributed by atoms with E-state index in [1.807, 2.05) is 12.1 Å². The fraction of sp³-hybridized carbons (Fsp3) is 0.400. The van der Waals surface area contributed by atoms with Gasteiger partial charge in [-0.15, -0.1) is 12.4 Å². The van der Waals surface area contributed by atoms with Crippen molar-refractivity contribution < 1.29 is 4.74 Å². The summed E-state index contributed by atoms with van der Waals surface area (Å²) in [6.07, 6.45) is 0. The number of benzene rings is 1. The SMILES string of the molecule is Cl.NNc1ccc(N2CCOCC2)cc1. The summed E-state index contributed by atoms with van der Waals surface area (Å²) < 4.78 is 5.29. The third kappa shape index (κ3) is 2.99. The van der Waals surface area contributed by atoms with Crippen molar-refractivity contribution in [3.05, 3.63) is 24.3 Å². The highest BCUT2D eigenvalue weighted by atomic mass is 35.5. The molecule has 1 aromatic rings. The van der Waals surface area contributed by atoms with Gasteiger partial charge < -0.3 is 15.1 Å². The fourth-order valence-electron chi connectivity index (χ4n) is 1.59. The van der Waals surface area contributed by atoms with Crippen molar-refractivity contribution in [1.29, 1.82) is 0 Å². The molecular weight excluding hydrogens is 214 g/mol. The van der Waals surface area contributed by atoms with Crippen molar-refractivity contribution in [2.45, 2.75) is 0 Å². The Morgan fingerprint density at radius 2 is 1.73 bits per heavy atom. The lowest BCUT2D eigenvalue weighted by molar-refractivity contribution is 0.122. The van der Waals surface area contributed by atoms with E-state index in [2.05, 4.69) is 22.5 Å². The maximum Gasteiger partial charge on any atom is 0.0642 e. The van der Waals surface area contributed by atoms with Gasteiger partial charge in [0.1, 0.15) is 0 Å². The maximum absolute atomic E-state index is 5.29. The highest BCUT2D eigenvalue weighted by Gasteiger charge is 2.10. The van der Waals surface area contributed by atoms with E-state index in [1.54, 1.807) is 0 Å². The summed E-state index contributed by atoms with van der Waals surface area (Å²) in [7, 11) is 0. The van der Waals surface area contributed by atoms with Gasteiger partial charge in [0.05, 0.1) is 13.2 Å². The number of anilines is 2. The molecule has 1 aliphatic heterocycles. The molecule has 1 aromatic carbocycles. The van der Waals surface area contributed by atoms with Crippen LogP contribution in [0, 0.1) is 0 Å². The van der Waals surface area contributed by atoms with Crippen LogP contribution >= 0.6 is 12.4 Å². The fourth-order valence-corrected chi connectivity index (χ4v) is 1.59. The number of morpholine rings is 1. The number of nitrogen functional groups attached to an aromatic ring is 1. The molecule has 5 heteroatoms. The third-order valence-corrected chi connectivity index (χ3v) is 2.41. The maximum atomic E-state index is 5.29. The summed E-state index contributed by atoms with van der Waals surface area (Å²) >= 11 is 0. The first-order chi connectivity index (χ1) is 6.90. The van der Waals surface area contributed by atoms with Crippen LogP contribution in [0.3, 0.4) is 0 Å². The molecule has 0 atom stereocenters. The molecule has 0 radical (unpaired) electrons. The predicted octanol–water partition coefficient (Wildman–Crippen LogP) is 1.23. The molecular formula is C10H16ClN3O. The van der Waals surface area contributed by atoms with Gasteiger partial charge in [-0.25, -0.2) is 0 Å². The molecule has 0 aromatic heterocycles. The van der Waals surface area contributed by atoms with Crippen molar-refractivity contribution in [2.75, 3.05) is 36.6 Å². The first kappa shape index (κ1) is 12.1. The number of halogens is 1. The van der Waals surface area contributed by atoms with Crippen LogP contribution in [0.1, 0.15) is 0 Å². The molecule has 0 bridgehead atoms. The van der Waals surface area contributed by atoms with Crippen LogP contribution in [0.25, 0.3) is 0 Å². The van der Waals surface area contributed by atoms with Gasteiger partial charge in [0.25, 0.3) is 0 Å². The second kappa shape index (κ2) is 5.80. The van der Waals surface area contributed by atoms with Crippen molar-refractivity contribution in [1.82, 2.24) is 0 Å². The number of ether oxygens (including phenoxy) is 1. The van der Waals surface area contributed by atoms with Crippen LogP contribution in [0.5, 0.6) is 0 Å². The van der Waals surface area contributed by atoms with Gasteiger partial charge in [-0.1, -0.05) is 0 Å². The summed E-state index contributed by atoms with van der Waals surface area (Å²) in [5.74, 6) is 5.29. The van der Waals surface area contributed by atoms with Gasteiger partial charge in [-0.3, -0.25) is 5.84 Å². The van der Waals surface area contributed by atoms with Gasteiger partial charge in [0.2, 0.25) is 0 Å². The van der Waals surface area contributed by atoms with Crippen LogP contribution in [-0.4, -0.2) is 26.3 Å². The number of rotatable bonds is 2. The van der Waals surface area contributed by atoms with E-state index in [0.29, 0.717) is 0 Å². The lowest BCUT2D eigenvalue weighted by Gasteiger charge is -2.28. The Labute approximate surface area is 95.8 Å². The third-order valence-electron chi connectivity index (χ3n) is 2.41. The van der Waals surface area contributed by atoms with Crippen molar-refractivity contribution in [2.24, 2.45) is 5.84 Å². The van der Waals surface area contributed by atoms with Gasteiger partial charge in [-0.05, 0) is 24.3 Å². The molecule has 84 valence electrons. The van der Waals surface area contributed by atoms with Crippen LogP contribution in [0.4, 0.5) is 11.4 Å². The average Bonchev–Trinajstić information content (AvgIpc) is 2.30. The second-order valence-corrected chi connectivity index (χ2v) is 3.29. The second-order valence-electron chi connectivity index (χ2n) is 3.29. The Bertz CT molecular complexity index is 285. The van der Waals surface area contributed by atoms with E-state index in [4.69, 9.17) is 10.6 Å². The standard InChI is InChI=1S/C10H15N3O.ClH/c11-12-9-1-3-10(4-2-9)13-5-7-14-8-6-13;/h1-4,12H,5-8,11H2;1H. The van der Waals surface area contributed by atoms with Crippen LogP contribution in [-0.2, 0) is 4.74 Å². The molecule has 4 nitrogen and oxygen atoms in total. The summed E-state index contributed by atoms with van der Waals surface area (Å²) in [4.78, 5) is 2.31. The zero-order chi connectivity index (χ0) is 9.80. The first-order valence-corrected chi connectivity index (χ1v) is 4.79. The number of hydrogen-bond acceptors (Lipinski definition) is 4. The minimum atomic E-state index is 0. The topological polar surface area (TPSA) is 50.5 Å². The first-order valence-electron chi connectivity index (χ1n) is 4.79. The Morgan fingerprint density at radius 1 is 1.13 bits per heavy atom. The van der Waals surface area contributed by atoms with E-state index >= 15 is 0 Å². The van der Waals surface area contributed by atoms with E-state index in [1.165, 1.54) is 5.69 Å². The molecule has 1 fully saturated rings. The number of nitrogens with two attached hydrogens (primary N) is 1. The molecule has 1 aliphatic rings. The summed E-state index contributed by atoms with van der Waals surface area (Å²) in [5, 5.41) is 0. The molecule has 15 heavy (non-hydrogen) atoms. The van der Waals surface area contributed by atoms with Gasteiger partial charge in [-0.2, -0.15) is 0 Å². The number of nitrogens with one attached hydrogen (secondary N) is 1. The highest BCUT2D eigenvalue weighted by molar-refractivity contribution is 5.85. The number of hydrogen-bond donors (Lipinski definition) is 2. The van der Waals surface area contributed by atoms with Crippen LogP contribution in [0.2, 0.25) is 0 Å². The monoisotopic (exact) mass is 229 g/mol. The lowest BCUT2D eigenvalue weighted by Crippen LogP contribution is -2.36. The normalized spacial score (nSPS) is 15.7. The van der Waals surface area contributed by atoms with E-state index in [9.17, 15) is 0 Å². The van der Waals surface area contributed by atoms with Crippen LogP contribution in [0.15, 0.2) is 24.3 Å². The van der Waals surface area contributed by atoms with Gasteiger partial charge in [0.15, 0.2) is 0 Å². The van der Waals surface area contributed by atoms with E-state index in [0.717, 1.165) is 32.0 Å². The molecule has 2 rings (SSSR count). The van der Waals surface area contributed by atoms with Gasteiger partial charge in [0, 0.05) is 24.5 Å². The van der Waals surface area contributed by atoms with Gasteiger partial charge >= 0.3 is 0 Å². The molecule has 0 saturated carbocycles. The molecule has 0 amide bonds. The Kier molecular flexibility index (Phi) is 4.68. The number of hydrazine groups is 1. The predicted molar refractivity (Wildman–Crippen MR) is 64.5 cm³/mol. The Morgan fingerprint density at radius 3 is 2.27 bits per heavy atom. The van der Waals surface area contributed by atoms with E-state index < -0.39 is 0 Å². The molecule has 1 saturated heterocycles. The zero-order valence-corrected chi connectivity index (χ0v) is 9.30. The number of nitrogens with zero attached hydrogens (tertiary/aromatic N) is 1. The Hall–Kier alpha value is -0.970. The molecule has 0 unspecified atom stereocenters. The summed E-state index contributed by atoms with van der Waals surface area (Å²) in [5.41, 5.74) is 4.78. The molecule has 0 aliphatic carbocycles. The van der Waals surface area contributed by atoms with Crippen molar-refractivity contribution in [3.8, 4) is 0 Å². The zero-order valence-electron chi connectivity index (χ0n) is 8.48. The quantitative estimate of drug-likeness (QED) is 0.592. The molecule has 0 spiro atoms. The molecule has 1 heterocycles. The lowest BCUT2D eigenvalue weighted by atomic mass is 10.2. The smallest absolute Gasteiger partial charge is 0.0642 e. The average molecular weight is 230 g/mol. The molecule has 3 N–H and O–H groups in total. The largest absolute Gasteiger partial charge is 0.378 e. The minimum Gasteiger partial charge on any atom is -0.378 e. The minimum absolute atomic E-state index is 0. The van der Waals surface area contributed by atoms with Crippen molar-refractivity contribution >= 4 is 23.8 Å². The Balaban J connectivity index is 0.00000112. The highest BCUT2D eigenvalue weighted by Crippen LogP contribution is 2.18. The summed E-state index contributed by atoms with van der Waals surface area (Å²) in [6, 6.07) is 8.09. The van der Waals surface area contributed by atoms with Crippen LogP contribution < -0.4 is 16.2 Å².